The van der Waals surface area contributed by atoms with Gasteiger partial charge in [0.15, 0.2) is 11.2 Å². The van der Waals surface area contributed by atoms with Crippen LogP contribution in [-0.2, 0) is 27.2 Å². The van der Waals surface area contributed by atoms with Crippen molar-refractivity contribution in [3.63, 3.8) is 0 Å². The molecule has 1 saturated heterocycles. The molecule has 0 amide bonds. The molecule has 30 heavy (non-hydrogen) atoms. The molecular formula is C21H25ClFN5O2. The molecule has 1 aliphatic rings. The van der Waals surface area contributed by atoms with E-state index in [9.17, 15) is 14.0 Å². The van der Waals surface area contributed by atoms with Gasteiger partial charge in [-0.15, -0.1) is 0 Å². The van der Waals surface area contributed by atoms with Gasteiger partial charge < -0.3 is 4.57 Å². The average Bonchev–Trinajstić information content (AvgIpc) is 3.07. The van der Waals surface area contributed by atoms with E-state index in [1.807, 2.05) is 0 Å². The summed E-state index contributed by atoms with van der Waals surface area (Å²) in [6.45, 7) is 3.68. The van der Waals surface area contributed by atoms with Crippen LogP contribution in [0.5, 0.6) is 0 Å². The largest absolute Gasteiger partial charge is 0.332 e. The summed E-state index contributed by atoms with van der Waals surface area (Å²) in [6.07, 6.45) is 3.39. The van der Waals surface area contributed by atoms with E-state index >= 15 is 0 Å². The number of benzene rings is 1. The average molecular weight is 434 g/mol. The molecule has 7 nitrogen and oxygen atoms in total. The van der Waals surface area contributed by atoms with E-state index in [2.05, 4.69) is 16.8 Å². The number of hydrogen-bond donors (Lipinski definition) is 0. The van der Waals surface area contributed by atoms with Gasteiger partial charge in [0.1, 0.15) is 11.6 Å². The zero-order valence-electron chi connectivity index (χ0n) is 17.4. The van der Waals surface area contributed by atoms with Gasteiger partial charge in [-0.1, -0.05) is 24.1 Å². The first-order valence-electron chi connectivity index (χ1n) is 10.1. The number of fused-ring (bicyclic) bond motifs is 1. The van der Waals surface area contributed by atoms with Gasteiger partial charge in [-0.2, -0.15) is 0 Å². The van der Waals surface area contributed by atoms with E-state index < -0.39 is 17.1 Å². The Morgan fingerprint density at radius 1 is 1.17 bits per heavy atom. The molecule has 0 radical (unpaired) electrons. The third-order valence-corrected chi connectivity index (χ3v) is 6.44. The van der Waals surface area contributed by atoms with E-state index in [4.69, 9.17) is 11.6 Å². The van der Waals surface area contributed by atoms with Crippen molar-refractivity contribution in [3.8, 4) is 0 Å². The van der Waals surface area contributed by atoms with Gasteiger partial charge in [0, 0.05) is 30.7 Å². The van der Waals surface area contributed by atoms with Crippen LogP contribution >= 0.6 is 11.6 Å². The van der Waals surface area contributed by atoms with Crippen molar-refractivity contribution in [1.29, 1.82) is 0 Å². The van der Waals surface area contributed by atoms with Crippen molar-refractivity contribution in [2.45, 2.75) is 45.3 Å². The second kappa shape index (κ2) is 8.00. The standard InChI is InChI=1S/C21H25ClFN5O2/c1-13-7-4-5-10-27(13)12-17-24-19-18(20(29)26(3)21(30)25(19)2)28(17)11-14-15(22)8-6-9-16(14)23/h6,8-9,13H,4-5,7,10-12H2,1-3H3. The lowest BCUT2D eigenvalue weighted by molar-refractivity contribution is 0.147. The number of rotatable bonds is 4. The molecule has 1 atom stereocenters. The molecule has 1 unspecified atom stereocenters. The maximum absolute atomic E-state index is 14.6. The highest BCUT2D eigenvalue weighted by Crippen LogP contribution is 2.25. The van der Waals surface area contributed by atoms with Crippen molar-refractivity contribution in [2.24, 2.45) is 14.1 Å². The fourth-order valence-corrected chi connectivity index (χ4v) is 4.42. The molecule has 160 valence electrons. The first kappa shape index (κ1) is 20.8. The van der Waals surface area contributed by atoms with Crippen molar-refractivity contribution >= 4 is 22.8 Å². The minimum absolute atomic E-state index is 0.0625. The lowest BCUT2D eigenvalue weighted by atomic mass is 10.0. The molecule has 0 saturated carbocycles. The van der Waals surface area contributed by atoms with Crippen molar-refractivity contribution in [2.75, 3.05) is 6.54 Å². The second-order valence-corrected chi connectivity index (χ2v) is 8.41. The fourth-order valence-electron chi connectivity index (χ4n) is 4.20. The minimum atomic E-state index is -0.453. The summed E-state index contributed by atoms with van der Waals surface area (Å²) in [5.41, 5.74) is -0.0268. The number of aromatic nitrogens is 4. The zero-order chi connectivity index (χ0) is 21.6. The molecule has 2 aromatic heterocycles. The number of aryl methyl sites for hydroxylation is 1. The SMILES string of the molecule is CC1CCCCN1Cc1nc2c(c(=O)n(C)c(=O)n2C)n1Cc1c(F)cccc1Cl. The summed E-state index contributed by atoms with van der Waals surface area (Å²) < 4.78 is 18.7. The van der Waals surface area contributed by atoms with Gasteiger partial charge in [-0.25, -0.2) is 14.2 Å². The Balaban J connectivity index is 1.92. The highest BCUT2D eigenvalue weighted by atomic mass is 35.5. The summed E-state index contributed by atoms with van der Waals surface area (Å²) >= 11 is 6.27. The van der Waals surface area contributed by atoms with Crippen LogP contribution in [0, 0.1) is 5.82 Å². The molecule has 9 heteroatoms. The third-order valence-electron chi connectivity index (χ3n) is 6.09. The molecule has 4 rings (SSSR count). The molecular weight excluding hydrogens is 409 g/mol. The van der Waals surface area contributed by atoms with Gasteiger partial charge in [-0.05, 0) is 38.4 Å². The van der Waals surface area contributed by atoms with E-state index in [1.165, 1.54) is 24.1 Å². The predicted octanol–water partition coefficient (Wildman–Crippen LogP) is 2.65. The number of imidazole rings is 1. The van der Waals surface area contributed by atoms with Crippen LogP contribution in [0.25, 0.3) is 11.2 Å². The number of nitrogens with zero attached hydrogens (tertiary/aromatic N) is 5. The molecule has 0 spiro atoms. The van der Waals surface area contributed by atoms with Crippen LogP contribution in [0.3, 0.4) is 0 Å². The highest BCUT2D eigenvalue weighted by Gasteiger charge is 2.25. The van der Waals surface area contributed by atoms with Crippen LogP contribution in [0.15, 0.2) is 27.8 Å². The van der Waals surface area contributed by atoms with Crippen LogP contribution in [0.1, 0.15) is 37.6 Å². The van der Waals surface area contributed by atoms with Crippen LogP contribution in [-0.4, -0.2) is 36.2 Å². The normalized spacial score (nSPS) is 17.7. The Kier molecular flexibility index (Phi) is 5.55. The van der Waals surface area contributed by atoms with Gasteiger partial charge in [0.05, 0.1) is 13.1 Å². The quantitative estimate of drug-likeness (QED) is 0.634. The maximum atomic E-state index is 14.6. The Labute approximate surface area is 178 Å². The Hall–Kier alpha value is -2.45. The molecule has 3 aromatic rings. The summed E-state index contributed by atoms with van der Waals surface area (Å²) in [6, 6.07) is 4.90. The molecule has 1 fully saturated rings. The Morgan fingerprint density at radius 2 is 1.93 bits per heavy atom. The van der Waals surface area contributed by atoms with E-state index in [0.29, 0.717) is 29.6 Å². The first-order chi connectivity index (χ1) is 14.3. The van der Waals surface area contributed by atoms with Gasteiger partial charge in [0.2, 0.25) is 0 Å². The lowest BCUT2D eigenvalue weighted by Crippen LogP contribution is -2.38. The van der Waals surface area contributed by atoms with Crippen molar-refractivity contribution in [3.05, 3.63) is 61.3 Å². The Morgan fingerprint density at radius 3 is 2.63 bits per heavy atom. The van der Waals surface area contributed by atoms with Gasteiger partial charge >= 0.3 is 5.69 Å². The van der Waals surface area contributed by atoms with Crippen LogP contribution < -0.4 is 11.2 Å². The number of piperidine rings is 1. The monoisotopic (exact) mass is 433 g/mol. The molecule has 3 heterocycles. The molecule has 1 aromatic carbocycles. The van der Waals surface area contributed by atoms with E-state index in [0.717, 1.165) is 24.0 Å². The van der Waals surface area contributed by atoms with Gasteiger partial charge in [0.25, 0.3) is 5.56 Å². The summed E-state index contributed by atoms with van der Waals surface area (Å²) in [5, 5.41) is 0.288. The third kappa shape index (κ3) is 3.48. The summed E-state index contributed by atoms with van der Waals surface area (Å²) in [7, 11) is 3.02. The number of likely N-dealkylation sites (tertiary alicyclic amines) is 1. The summed E-state index contributed by atoms with van der Waals surface area (Å²) in [4.78, 5) is 32.4. The lowest BCUT2D eigenvalue weighted by Gasteiger charge is -2.33. The zero-order valence-corrected chi connectivity index (χ0v) is 18.1. The Bertz CT molecular complexity index is 1210. The fraction of sp³-hybridized carbons (Fsp3) is 0.476. The minimum Gasteiger partial charge on any atom is -0.316 e. The molecule has 0 bridgehead atoms. The van der Waals surface area contributed by atoms with Crippen LogP contribution in [0.4, 0.5) is 4.39 Å². The second-order valence-electron chi connectivity index (χ2n) is 8.01. The van der Waals surface area contributed by atoms with E-state index in [1.54, 1.807) is 23.7 Å². The smallest absolute Gasteiger partial charge is 0.316 e. The summed E-state index contributed by atoms with van der Waals surface area (Å²) in [5.74, 6) is 0.180. The predicted molar refractivity (Wildman–Crippen MR) is 114 cm³/mol. The molecule has 1 aliphatic heterocycles. The van der Waals surface area contributed by atoms with Crippen molar-refractivity contribution in [1.82, 2.24) is 23.6 Å². The number of halogens is 2. The van der Waals surface area contributed by atoms with Crippen LogP contribution in [0.2, 0.25) is 5.02 Å². The first-order valence-corrected chi connectivity index (χ1v) is 10.5. The van der Waals surface area contributed by atoms with Crippen molar-refractivity contribution < 1.29 is 4.39 Å². The molecule has 0 N–H and O–H groups in total. The molecule has 0 aliphatic carbocycles. The van der Waals surface area contributed by atoms with Gasteiger partial charge in [-0.3, -0.25) is 18.8 Å². The maximum Gasteiger partial charge on any atom is 0.332 e. The topological polar surface area (TPSA) is 65.1 Å². The van der Waals surface area contributed by atoms with E-state index in [-0.39, 0.29) is 17.1 Å². The highest BCUT2D eigenvalue weighted by molar-refractivity contribution is 6.31. The number of hydrogen-bond acceptors (Lipinski definition) is 4.